The zero-order chi connectivity index (χ0) is 14.1. The summed E-state index contributed by atoms with van der Waals surface area (Å²) < 4.78 is 26.2. The Morgan fingerprint density at radius 1 is 1.10 bits per heavy atom. The van der Waals surface area contributed by atoms with Crippen molar-refractivity contribution in [3.63, 3.8) is 0 Å². The third-order valence-corrected chi connectivity index (χ3v) is 3.62. The molecule has 1 aliphatic rings. The summed E-state index contributed by atoms with van der Waals surface area (Å²) in [6.45, 7) is 1.23. The lowest BCUT2D eigenvalue weighted by Crippen LogP contribution is -2.32. The molecule has 4 heteroatoms. The van der Waals surface area contributed by atoms with E-state index in [1.807, 2.05) is 24.3 Å². The van der Waals surface area contributed by atoms with Gasteiger partial charge in [0.15, 0.2) is 17.4 Å². The Bertz CT molecular complexity index is 669. The van der Waals surface area contributed by atoms with Crippen LogP contribution in [0.4, 0.5) is 8.78 Å². The zero-order valence-electron chi connectivity index (χ0n) is 10.7. The number of nitrogens with one attached hydrogen (secondary N) is 1. The number of hydrogen-bond acceptors (Lipinski definition) is 2. The Labute approximate surface area is 115 Å². The van der Waals surface area contributed by atoms with E-state index in [0.29, 0.717) is 6.54 Å². The standard InChI is InChI=1S/C16H13F2NO/c17-14-6-5-10(7-15(14)18)16(20)13-9-19-8-11-3-1-2-4-12(11)13/h1-7,13,19H,8-9H2. The maximum absolute atomic E-state index is 13.3. The van der Waals surface area contributed by atoms with Crippen molar-refractivity contribution in [2.45, 2.75) is 12.5 Å². The van der Waals surface area contributed by atoms with Crippen LogP contribution in [0.25, 0.3) is 0 Å². The number of carbonyl (C=O) groups excluding carboxylic acids is 1. The van der Waals surface area contributed by atoms with E-state index in [1.54, 1.807) is 0 Å². The number of benzene rings is 2. The predicted molar refractivity (Wildman–Crippen MR) is 71.6 cm³/mol. The minimum absolute atomic E-state index is 0.191. The number of rotatable bonds is 2. The summed E-state index contributed by atoms with van der Waals surface area (Å²) >= 11 is 0. The summed E-state index contributed by atoms with van der Waals surface area (Å²) in [5.41, 5.74) is 2.23. The normalized spacial score (nSPS) is 17.6. The van der Waals surface area contributed by atoms with Crippen molar-refractivity contribution in [3.05, 3.63) is 70.8 Å². The Morgan fingerprint density at radius 3 is 2.70 bits per heavy atom. The van der Waals surface area contributed by atoms with Gasteiger partial charge in [0, 0.05) is 18.7 Å². The second kappa shape index (κ2) is 5.13. The summed E-state index contributed by atoms with van der Waals surface area (Å²) in [6, 6.07) is 11.0. The van der Waals surface area contributed by atoms with Crippen LogP contribution in [0.1, 0.15) is 27.4 Å². The number of fused-ring (bicyclic) bond motifs is 1. The molecule has 2 aromatic carbocycles. The molecule has 2 nitrogen and oxygen atoms in total. The number of Topliss-reactive ketones (excluding diaryl/α,β-unsaturated/α-hetero) is 1. The number of ketones is 1. The molecule has 1 unspecified atom stereocenters. The minimum Gasteiger partial charge on any atom is -0.312 e. The molecule has 0 saturated carbocycles. The Morgan fingerprint density at radius 2 is 1.90 bits per heavy atom. The van der Waals surface area contributed by atoms with E-state index in [9.17, 15) is 13.6 Å². The number of halogens is 2. The van der Waals surface area contributed by atoms with Crippen LogP contribution in [0.2, 0.25) is 0 Å². The summed E-state index contributed by atoms with van der Waals surface area (Å²) in [7, 11) is 0. The van der Waals surface area contributed by atoms with Crippen molar-refractivity contribution < 1.29 is 13.6 Å². The second-order valence-corrected chi connectivity index (χ2v) is 4.88. The van der Waals surface area contributed by atoms with E-state index < -0.39 is 11.6 Å². The van der Waals surface area contributed by atoms with Crippen molar-refractivity contribution in [1.29, 1.82) is 0 Å². The molecule has 0 aliphatic carbocycles. The molecule has 1 aliphatic heterocycles. The largest absolute Gasteiger partial charge is 0.312 e. The van der Waals surface area contributed by atoms with Crippen LogP contribution in [-0.2, 0) is 6.54 Å². The molecule has 0 aromatic heterocycles. The molecule has 2 aromatic rings. The first-order valence-corrected chi connectivity index (χ1v) is 6.44. The van der Waals surface area contributed by atoms with Gasteiger partial charge in [-0.3, -0.25) is 4.79 Å². The minimum atomic E-state index is -0.993. The maximum Gasteiger partial charge on any atom is 0.171 e. The molecule has 0 spiro atoms. The molecule has 102 valence electrons. The quantitative estimate of drug-likeness (QED) is 0.852. The van der Waals surface area contributed by atoms with Crippen molar-refractivity contribution in [1.82, 2.24) is 5.32 Å². The molecular weight excluding hydrogens is 260 g/mol. The highest BCUT2D eigenvalue weighted by Gasteiger charge is 2.27. The van der Waals surface area contributed by atoms with Gasteiger partial charge < -0.3 is 5.32 Å². The van der Waals surface area contributed by atoms with Crippen LogP contribution >= 0.6 is 0 Å². The monoisotopic (exact) mass is 273 g/mol. The second-order valence-electron chi connectivity index (χ2n) is 4.88. The van der Waals surface area contributed by atoms with Crippen LogP contribution in [0.3, 0.4) is 0 Å². The first-order chi connectivity index (χ1) is 9.66. The summed E-state index contributed by atoms with van der Waals surface area (Å²) in [5.74, 6) is -2.48. The van der Waals surface area contributed by atoms with Gasteiger partial charge in [0.05, 0.1) is 5.92 Å². The molecule has 1 N–H and O–H groups in total. The highest BCUT2D eigenvalue weighted by molar-refractivity contribution is 6.01. The lowest BCUT2D eigenvalue weighted by molar-refractivity contribution is 0.0954. The van der Waals surface area contributed by atoms with Crippen LogP contribution in [0.15, 0.2) is 42.5 Å². The van der Waals surface area contributed by atoms with Crippen LogP contribution in [0.5, 0.6) is 0 Å². The lowest BCUT2D eigenvalue weighted by Gasteiger charge is -2.25. The smallest absolute Gasteiger partial charge is 0.171 e. The molecule has 3 rings (SSSR count). The molecule has 0 radical (unpaired) electrons. The topological polar surface area (TPSA) is 29.1 Å². The SMILES string of the molecule is O=C(c1ccc(F)c(F)c1)C1CNCc2ccccc21. The fourth-order valence-corrected chi connectivity index (χ4v) is 2.58. The van der Waals surface area contributed by atoms with Crippen LogP contribution in [0, 0.1) is 11.6 Å². The molecule has 0 bridgehead atoms. The van der Waals surface area contributed by atoms with Gasteiger partial charge in [-0.1, -0.05) is 24.3 Å². The highest BCUT2D eigenvalue weighted by atomic mass is 19.2. The Balaban J connectivity index is 1.97. The Kier molecular flexibility index (Phi) is 3.32. The molecular formula is C16H13F2NO. The van der Waals surface area contributed by atoms with Gasteiger partial charge in [0.1, 0.15) is 0 Å². The van der Waals surface area contributed by atoms with Gasteiger partial charge in [0.2, 0.25) is 0 Å². The lowest BCUT2D eigenvalue weighted by atomic mass is 9.85. The van der Waals surface area contributed by atoms with Gasteiger partial charge in [-0.2, -0.15) is 0 Å². The Hall–Kier alpha value is -2.07. The molecule has 1 heterocycles. The van der Waals surface area contributed by atoms with E-state index in [0.717, 1.165) is 29.8 Å². The van der Waals surface area contributed by atoms with Gasteiger partial charge >= 0.3 is 0 Å². The number of carbonyl (C=O) groups is 1. The predicted octanol–water partition coefficient (Wildman–Crippen LogP) is 3.03. The third kappa shape index (κ3) is 2.23. The van der Waals surface area contributed by atoms with Crippen LogP contribution in [-0.4, -0.2) is 12.3 Å². The van der Waals surface area contributed by atoms with E-state index in [-0.39, 0.29) is 17.3 Å². The fraction of sp³-hybridized carbons (Fsp3) is 0.188. The number of hydrogen-bond donors (Lipinski definition) is 1. The molecule has 1 atom stereocenters. The van der Waals surface area contributed by atoms with E-state index in [2.05, 4.69) is 5.32 Å². The summed E-state index contributed by atoms with van der Waals surface area (Å²) in [5, 5.41) is 3.18. The van der Waals surface area contributed by atoms with Gasteiger partial charge in [-0.15, -0.1) is 0 Å². The fourth-order valence-electron chi connectivity index (χ4n) is 2.58. The van der Waals surface area contributed by atoms with Crippen molar-refractivity contribution in [2.24, 2.45) is 0 Å². The highest BCUT2D eigenvalue weighted by Crippen LogP contribution is 2.27. The molecule has 0 fully saturated rings. The van der Waals surface area contributed by atoms with Gasteiger partial charge in [0.25, 0.3) is 0 Å². The van der Waals surface area contributed by atoms with E-state index in [1.165, 1.54) is 6.07 Å². The first-order valence-electron chi connectivity index (χ1n) is 6.44. The average Bonchev–Trinajstić information content (AvgIpc) is 2.49. The van der Waals surface area contributed by atoms with E-state index in [4.69, 9.17) is 0 Å². The summed E-state index contributed by atoms with van der Waals surface area (Å²) in [4.78, 5) is 12.5. The molecule has 20 heavy (non-hydrogen) atoms. The third-order valence-electron chi connectivity index (χ3n) is 3.62. The van der Waals surface area contributed by atoms with Crippen molar-refractivity contribution in [3.8, 4) is 0 Å². The zero-order valence-corrected chi connectivity index (χ0v) is 10.7. The summed E-state index contributed by atoms with van der Waals surface area (Å²) in [6.07, 6.45) is 0. The average molecular weight is 273 g/mol. The molecule has 0 amide bonds. The van der Waals surface area contributed by atoms with Gasteiger partial charge in [-0.25, -0.2) is 8.78 Å². The molecule has 0 saturated heterocycles. The van der Waals surface area contributed by atoms with Crippen molar-refractivity contribution in [2.75, 3.05) is 6.54 Å². The van der Waals surface area contributed by atoms with Crippen LogP contribution < -0.4 is 5.32 Å². The van der Waals surface area contributed by atoms with Crippen molar-refractivity contribution >= 4 is 5.78 Å². The van der Waals surface area contributed by atoms with E-state index >= 15 is 0 Å². The first kappa shape index (κ1) is 12.9. The van der Waals surface area contributed by atoms with Gasteiger partial charge in [-0.05, 0) is 29.3 Å². The maximum atomic E-state index is 13.3.